The highest BCUT2D eigenvalue weighted by Gasteiger charge is 2.14. The van der Waals surface area contributed by atoms with Crippen LogP contribution in [-0.2, 0) is 6.42 Å². The Morgan fingerprint density at radius 1 is 0.905 bits per heavy atom. The summed E-state index contributed by atoms with van der Waals surface area (Å²) in [5.74, 6) is 1.83. The molecule has 0 bridgehead atoms. The number of aromatic nitrogens is 4. The van der Waals surface area contributed by atoms with Crippen LogP contribution < -0.4 is 0 Å². The molecule has 0 aliphatic heterocycles. The van der Waals surface area contributed by atoms with Gasteiger partial charge in [-0.15, -0.1) is 10.2 Å². The van der Waals surface area contributed by atoms with Crippen LogP contribution in [0.4, 0.5) is 0 Å². The van der Waals surface area contributed by atoms with Crippen LogP contribution in [0.2, 0.25) is 0 Å². The number of hydrogen-bond acceptors (Lipinski definition) is 3. The molecule has 0 spiro atoms. The Bertz CT molecular complexity index is 925. The molecule has 0 saturated heterocycles. The number of para-hydroxylation sites is 1. The van der Waals surface area contributed by atoms with Gasteiger partial charge in [0.25, 0.3) is 0 Å². The molecule has 2 aromatic heterocycles. The fourth-order valence-corrected chi connectivity index (χ4v) is 2.66. The van der Waals surface area contributed by atoms with Gasteiger partial charge < -0.3 is 0 Å². The molecule has 0 N–H and O–H groups in total. The highest BCUT2D eigenvalue weighted by atomic mass is 15.3. The van der Waals surface area contributed by atoms with Crippen LogP contribution in [-0.4, -0.2) is 19.6 Å². The first-order valence-corrected chi connectivity index (χ1v) is 7.06. The second kappa shape index (κ2) is 4.66. The largest absolute Gasteiger partial charge is 0.262 e. The summed E-state index contributed by atoms with van der Waals surface area (Å²) in [5.41, 5.74) is 2.89. The van der Waals surface area contributed by atoms with Crippen molar-refractivity contribution in [1.29, 1.82) is 0 Å². The lowest BCUT2D eigenvalue weighted by molar-refractivity contribution is 0.914. The molecule has 0 radical (unpaired) electrons. The van der Waals surface area contributed by atoms with Crippen LogP contribution in [0, 0.1) is 0 Å². The Labute approximate surface area is 122 Å². The van der Waals surface area contributed by atoms with Crippen molar-refractivity contribution in [2.24, 2.45) is 0 Å². The van der Waals surface area contributed by atoms with E-state index in [-0.39, 0.29) is 0 Å². The molecule has 0 amide bonds. The van der Waals surface area contributed by atoms with E-state index in [4.69, 9.17) is 4.98 Å². The van der Waals surface area contributed by atoms with Crippen LogP contribution in [0.3, 0.4) is 0 Å². The molecule has 0 unspecified atom stereocenters. The first kappa shape index (κ1) is 12.0. The van der Waals surface area contributed by atoms with E-state index in [1.54, 1.807) is 0 Å². The molecule has 102 valence electrons. The summed E-state index contributed by atoms with van der Waals surface area (Å²) in [5, 5.41) is 9.83. The minimum atomic E-state index is 0.833. The van der Waals surface area contributed by atoms with Gasteiger partial charge in [0, 0.05) is 17.4 Å². The highest BCUT2D eigenvalue weighted by molar-refractivity contribution is 5.92. The van der Waals surface area contributed by atoms with E-state index in [1.165, 1.54) is 0 Å². The standard InChI is InChI=1S/C17H14N4/c1-2-15-18-14-11-7-6-10-13(14)17-20-19-16(21(15)17)12-8-4-3-5-9-12/h3-11H,2H2,1H3. The molecule has 0 atom stereocenters. The van der Waals surface area contributed by atoms with Gasteiger partial charge in [-0.25, -0.2) is 4.98 Å². The first-order chi connectivity index (χ1) is 10.4. The minimum Gasteiger partial charge on any atom is -0.262 e. The van der Waals surface area contributed by atoms with Gasteiger partial charge >= 0.3 is 0 Å². The Morgan fingerprint density at radius 2 is 1.67 bits per heavy atom. The number of nitrogens with zero attached hydrogens (tertiary/aromatic N) is 4. The SMILES string of the molecule is CCc1nc2ccccc2c2nnc(-c3ccccc3)n12. The van der Waals surface area contributed by atoms with Crippen molar-refractivity contribution in [1.82, 2.24) is 19.6 Å². The second-order valence-corrected chi connectivity index (χ2v) is 4.95. The zero-order valence-electron chi connectivity index (χ0n) is 11.7. The van der Waals surface area contributed by atoms with E-state index >= 15 is 0 Å². The summed E-state index contributed by atoms with van der Waals surface area (Å²) < 4.78 is 2.07. The van der Waals surface area contributed by atoms with Crippen molar-refractivity contribution in [3.8, 4) is 11.4 Å². The van der Waals surface area contributed by atoms with Crippen molar-refractivity contribution in [3.63, 3.8) is 0 Å². The summed E-state index contributed by atoms with van der Waals surface area (Å²) >= 11 is 0. The van der Waals surface area contributed by atoms with E-state index in [1.807, 2.05) is 54.6 Å². The molecule has 0 aliphatic rings. The predicted octanol–water partition coefficient (Wildman–Crippen LogP) is 3.51. The maximum absolute atomic E-state index is 4.76. The van der Waals surface area contributed by atoms with Crippen LogP contribution in [0.1, 0.15) is 12.7 Å². The molecule has 2 aromatic carbocycles. The maximum atomic E-state index is 4.76. The average molecular weight is 274 g/mol. The predicted molar refractivity (Wildman–Crippen MR) is 83.1 cm³/mol. The molecule has 0 saturated carbocycles. The third kappa shape index (κ3) is 1.80. The zero-order chi connectivity index (χ0) is 14.2. The molecule has 0 fully saturated rings. The fraction of sp³-hybridized carbons (Fsp3) is 0.118. The summed E-state index contributed by atoms with van der Waals surface area (Å²) in [7, 11) is 0. The Morgan fingerprint density at radius 3 is 2.48 bits per heavy atom. The number of benzene rings is 2. The smallest absolute Gasteiger partial charge is 0.171 e. The topological polar surface area (TPSA) is 43.1 Å². The van der Waals surface area contributed by atoms with E-state index < -0.39 is 0 Å². The maximum Gasteiger partial charge on any atom is 0.171 e. The molecule has 0 aliphatic carbocycles. The minimum absolute atomic E-state index is 0.833. The van der Waals surface area contributed by atoms with Crippen LogP contribution in [0.25, 0.3) is 27.9 Å². The number of aryl methyl sites for hydroxylation is 1. The molecule has 2 heterocycles. The average Bonchev–Trinajstić information content (AvgIpc) is 3.00. The molecule has 4 nitrogen and oxygen atoms in total. The fourth-order valence-electron chi connectivity index (χ4n) is 2.66. The summed E-state index contributed by atoms with van der Waals surface area (Å²) in [6.07, 6.45) is 0.833. The van der Waals surface area contributed by atoms with Crippen LogP contribution in [0.5, 0.6) is 0 Å². The van der Waals surface area contributed by atoms with Gasteiger partial charge in [-0.3, -0.25) is 4.40 Å². The van der Waals surface area contributed by atoms with Crippen molar-refractivity contribution < 1.29 is 0 Å². The Hall–Kier alpha value is -2.75. The van der Waals surface area contributed by atoms with E-state index in [0.717, 1.165) is 40.2 Å². The number of hydrogen-bond donors (Lipinski definition) is 0. The third-order valence-corrected chi connectivity index (χ3v) is 3.66. The van der Waals surface area contributed by atoms with Gasteiger partial charge in [0.1, 0.15) is 5.82 Å². The number of fused-ring (bicyclic) bond motifs is 3. The number of rotatable bonds is 2. The highest BCUT2D eigenvalue weighted by Crippen LogP contribution is 2.24. The van der Waals surface area contributed by atoms with Crippen LogP contribution >= 0.6 is 0 Å². The van der Waals surface area contributed by atoms with Gasteiger partial charge in [0.05, 0.1) is 5.52 Å². The molecule has 4 aromatic rings. The van der Waals surface area contributed by atoms with Crippen LogP contribution in [0.15, 0.2) is 54.6 Å². The van der Waals surface area contributed by atoms with Gasteiger partial charge in [-0.1, -0.05) is 49.4 Å². The van der Waals surface area contributed by atoms with Gasteiger partial charge in [-0.05, 0) is 12.1 Å². The summed E-state index contributed by atoms with van der Waals surface area (Å²) in [6, 6.07) is 18.2. The lowest BCUT2D eigenvalue weighted by Gasteiger charge is -2.07. The van der Waals surface area contributed by atoms with Gasteiger partial charge in [-0.2, -0.15) is 0 Å². The molecular weight excluding hydrogens is 260 g/mol. The normalized spacial score (nSPS) is 11.3. The van der Waals surface area contributed by atoms with Crippen molar-refractivity contribution in [3.05, 3.63) is 60.4 Å². The van der Waals surface area contributed by atoms with Gasteiger partial charge in [0.2, 0.25) is 0 Å². The molecule has 4 heteroatoms. The Balaban J connectivity index is 2.14. The lowest BCUT2D eigenvalue weighted by atomic mass is 10.2. The monoisotopic (exact) mass is 274 g/mol. The van der Waals surface area contributed by atoms with Crippen molar-refractivity contribution >= 4 is 16.6 Å². The molecule has 21 heavy (non-hydrogen) atoms. The van der Waals surface area contributed by atoms with E-state index in [0.29, 0.717) is 0 Å². The Kier molecular flexibility index (Phi) is 2.67. The third-order valence-electron chi connectivity index (χ3n) is 3.66. The van der Waals surface area contributed by atoms with Crippen molar-refractivity contribution in [2.45, 2.75) is 13.3 Å². The first-order valence-electron chi connectivity index (χ1n) is 7.06. The molecular formula is C17H14N4. The van der Waals surface area contributed by atoms with Crippen molar-refractivity contribution in [2.75, 3.05) is 0 Å². The lowest BCUT2D eigenvalue weighted by Crippen LogP contribution is -2.02. The zero-order valence-corrected chi connectivity index (χ0v) is 11.7. The molecule has 4 rings (SSSR count). The van der Waals surface area contributed by atoms with Gasteiger partial charge in [0.15, 0.2) is 11.5 Å². The quantitative estimate of drug-likeness (QED) is 0.562. The van der Waals surface area contributed by atoms with E-state index in [2.05, 4.69) is 21.5 Å². The summed E-state index contributed by atoms with van der Waals surface area (Å²) in [6.45, 7) is 2.10. The second-order valence-electron chi connectivity index (χ2n) is 4.95. The summed E-state index contributed by atoms with van der Waals surface area (Å²) in [4.78, 5) is 4.76. The van der Waals surface area contributed by atoms with E-state index in [9.17, 15) is 0 Å².